The van der Waals surface area contributed by atoms with Crippen LogP contribution in [0.15, 0.2) is 24.3 Å². The van der Waals surface area contributed by atoms with E-state index < -0.39 is 0 Å². The molecular weight excluding hydrogens is 176 g/mol. The molecule has 0 saturated carbocycles. The van der Waals surface area contributed by atoms with Crippen LogP contribution in [-0.2, 0) is 13.2 Å². The molecule has 0 spiro atoms. The Kier molecular flexibility index (Phi) is 5.22. The maximum atomic E-state index is 8.93. The minimum Gasteiger partial charge on any atom is -0.392 e. The lowest BCUT2D eigenvalue weighted by atomic mass is 10.1. The van der Waals surface area contributed by atoms with Crippen LogP contribution in [-0.4, -0.2) is 18.2 Å². The largest absolute Gasteiger partial charge is 0.392 e. The molecule has 0 fully saturated rings. The smallest absolute Gasteiger partial charge is 0.0681 e. The zero-order valence-corrected chi connectivity index (χ0v) is 8.37. The minimum atomic E-state index is 0.108. The van der Waals surface area contributed by atoms with E-state index >= 15 is 0 Å². The van der Waals surface area contributed by atoms with E-state index in [-0.39, 0.29) is 6.61 Å². The molecule has 1 aromatic carbocycles. The highest BCUT2D eigenvalue weighted by atomic mass is 16.3. The Hall–Kier alpha value is -0.900. The highest BCUT2D eigenvalue weighted by Crippen LogP contribution is 2.04. The Labute approximate surface area is 84.9 Å². The number of rotatable bonds is 6. The van der Waals surface area contributed by atoms with Crippen molar-refractivity contribution in [1.29, 1.82) is 0 Å². The van der Waals surface area contributed by atoms with Crippen molar-refractivity contribution in [2.75, 3.05) is 13.1 Å². The number of hydrogen-bond donors (Lipinski definition) is 3. The van der Waals surface area contributed by atoms with E-state index in [1.54, 1.807) is 0 Å². The second-order valence-electron chi connectivity index (χ2n) is 3.30. The summed E-state index contributed by atoms with van der Waals surface area (Å²) in [6.07, 6.45) is 1.000. The van der Waals surface area contributed by atoms with E-state index in [4.69, 9.17) is 10.8 Å². The lowest BCUT2D eigenvalue weighted by Gasteiger charge is -2.05. The summed E-state index contributed by atoms with van der Waals surface area (Å²) in [5.74, 6) is 0. The molecular formula is C11H18N2O. The lowest BCUT2D eigenvalue weighted by Crippen LogP contribution is -2.17. The lowest BCUT2D eigenvalue weighted by molar-refractivity contribution is 0.281. The van der Waals surface area contributed by atoms with Crippen LogP contribution in [0.25, 0.3) is 0 Å². The van der Waals surface area contributed by atoms with Crippen molar-refractivity contribution < 1.29 is 5.11 Å². The van der Waals surface area contributed by atoms with E-state index in [1.807, 2.05) is 18.2 Å². The van der Waals surface area contributed by atoms with Gasteiger partial charge in [-0.15, -0.1) is 0 Å². The fraction of sp³-hybridized carbons (Fsp3) is 0.455. The van der Waals surface area contributed by atoms with Gasteiger partial charge in [0.25, 0.3) is 0 Å². The summed E-state index contributed by atoms with van der Waals surface area (Å²) in [7, 11) is 0. The van der Waals surface area contributed by atoms with Crippen LogP contribution in [0.1, 0.15) is 17.5 Å². The van der Waals surface area contributed by atoms with Crippen LogP contribution in [0.5, 0.6) is 0 Å². The van der Waals surface area contributed by atoms with E-state index in [0.29, 0.717) is 0 Å². The number of nitrogens with two attached hydrogens (primary N) is 1. The minimum absolute atomic E-state index is 0.108. The predicted molar refractivity (Wildman–Crippen MR) is 57.7 cm³/mol. The van der Waals surface area contributed by atoms with Crippen LogP contribution in [0.4, 0.5) is 0 Å². The summed E-state index contributed by atoms with van der Waals surface area (Å²) in [6.45, 7) is 2.62. The highest BCUT2D eigenvalue weighted by Gasteiger charge is 1.94. The van der Waals surface area contributed by atoms with Crippen molar-refractivity contribution in [3.63, 3.8) is 0 Å². The monoisotopic (exact) mass is 194 g/mol. The van der Waals surface area contributed by atoms with Gasteiger partial charge in [-0.3, -0.25) is 0 Å². The van der Waals surface area contributed by atoms with Gasteiger partial charge in [0.15, 0.2) is 0 Å². The maximum Gasteiger partial charge on any atom is 0.0681 e. The molecule has 0 amide bonds. The number of benzene rings is 1. The van der Waals surface area contributed by atoms with Gasteiger partial charge >= 0.3 is 0 Å². The van der Waals surface area contributed by atoms with Crippen molar-refractivity contribution in [2.45, 2.75) is 19.6 Å². The van der Waals surface area contributed by atoms with Gasteiger partial charge in [0.05, 0.1) is 6.61 Å². The predicted octanol–water partition coefficient (Wildman–Crippen LogP) is 0.617. The first-order valence-corrected chi connectivity index (χ1v) is 4.96. The molecule has 0 aliphatic rings. The molecule has 78 valence electrons. The molecule has 0 atom stereocenters. The second-order valence-corrected chi connectivity index (χ2v) is 3.30. The number of hydrogen-bond acceptors (Lipinski definition) is 3. The number of aliphatic hydroxyl groups is 1. The van der Waals surface area contributed by atoms with E-state index in [2.05, 4.69) is 11.4 Å². The average Bonchev–Trinajstić information content (AvgIpc) is 2.25. The van der Waals surface area contributed by atoms with Crippen molar-refractivity contribution in [1.82, 2.24) is 5.32 Å². The molecule has 1 rings (SSSR count). The Morgan fingerprint density at radius 1 is 1.29 bits per heavy atom. The Morgan fingerprint density at radius 2 is 2.07 bits per heavy atom. The van der Waals surface area contributed by atoms with E-state index in [1.165, 1.54) is 5.56 Å². The quantitative estimate of drug-likeness (QED) is 0.582. The molecule has 14 heavy (non-hydrogen) atoms. The van der Waals surface area contributed by atoms with Gasteiger partial charge in [0, 0.05) is 6.54 Å². The van der Waals surface area contributed by atoms with Crippen LogP contribution in [0.2, 0.25) is 0 Å². The summed E-state index contributed by atoms with van der Waals surface area (Å²) in [5.41, 5.74) is 7.54. The normalized spacial score (nSPS) is 10.4. The van der Waals surface area contributed by atoms with E-state index in [0.717, 1.165) is 31.6 Å². The van der Waals surface area contributed by atoms with Crippen molar-refractivity contribution in [3.05, 3.63) is 35.4 Å². The van der Waals surface area contributed by atoms with Gasteiger partial charge in [-0.2, -0.15) is 0 Å². The Morgan fingerprint density at radius 3 is 2.79 bits per heavy atom. The van der Waals surface area contributed by atoms with Crippen LogP contribution in [0, 0.1) is 0 Å². The Balaban J connectivity index is 2.34. The molecule has 3 nitrogen and oxygen atoms in total. The third-order valence-corrected chi connectivity index (χ3v) is 2.06. The fourth-order valence-electron chi connectivity index (χ4n) is 1.30. The van der Waals surface area contributed by atoms with Crippen molar-refractivity contribution in [2.24, 2.45) is 5.73 Å². The zero-order chi connectivity index (χ0) is 10.2. The number of aliphatic hydroxyl groups excluding tert-OH is 1. The highest BCUT2D eigenvalue weighted by molar-refractivity contribution is 5.22. The van der Waals surface area contributed by atoms with Crippen LogP contribution < -0.4 is 11.1 Å². The molecule has 0 radical (unpaired) electrons. The molecule has 0 aliphatic heterocycles. The van der Waals surface area contributed by atoms with Gasteiger partial charge in [0.1, 0.15) is 0 Å². The summed E-state index contributed by atoms with van der Waals surface area (Å²) < 4.78 is 0. The topological polar surface area (TPSA) is 58.3 Å². The van der Waals surface area contributed by atoms with Gasteiger partial charge < -0.3 is 16.2 Å². The van der Waals surface area contributed by atoms with Crippen molar-refractivity contribution >= 4 is 0 Å². The molecule has 0 saturated heterocycles. The first kappa shape index (κ1) is 11.2. The van der Waals surface area contributed by atoms with Crippen LogP contribution in [0.3, 0.4) is 0 Å². The SMILES string of the molecule is NCCCNCc1cccc(CO)c1. The van der Waals surface area contributed by atoms with Gasteiger partial charge in [-0.25, -0.2) is 0 Å². The zero-order valence-electron chi connectivity index (χ0n) is 8.37. The summed E-state index contributed by atoms with van der Waals surface area (Å²) in [4.78, 5) is 0. The maximum absolute atomic E-state index is 8.93. The second kappa shape index (κ2) is 6.54. The molecule has 4 N–H and O–H groups in total. The third-order valence-electron chi connectivity index (χ3n) is 2.06. The first-order chi connectivity index (χ1) is 6.86. The van der Waals surface area contributed by atoms with Crippen molar-refractivity contribution in [3.8, 4) is 0 Å². The molecule has 0 heterocycles. The average molecular weight is 194 g/mol. The third kappa shape index (κ3) is 3.87. The van der Waals surface area contributed by atoms with Gasteiger partial charge in [0.2, 0.25) is 0 Å². The standard InChI is InChI=1S/C11H18N2O/c12-5-2-6-13-8-10-3-1-4-11(7-10)9-14/h1,3-4,7,13-14H,2,5-6,8-9,12H2. The summed E-state index contributed by atoms with van der Waals surface area (Å²) in [6, 6.07) is 7.94. The molecule has 1 aromatic rings. The number of nitrogens with one attached hydrogen (secondary N) is 1. The molecule has 0 bridgehead atoms. The summed E-state index contributed by atoms with van der Waals surface area (Å²) in [5, 5.41) is 12.2. The first-order valence-electron chi connectivity index (χ1n) is 4.96. The summed E-state index contributed by atoms with van der Waals surface area (Å²) >= 11 is 0. The Bertz CT molecular complexity index is 263. The van der Waals surface area contributed by atoms with Gasteiger partial charge in [-0.1, -0.05) is 24.3 Å². The van der Waals surface area contributed by atoms with Gasteiger partial charge in [-0.05, 0) is 30.6 Å². The van der Waals surface area contributed by atoms with E-state index in [9.17, 15) is 0 Å². The molecule has 3 heteroatoms. The molecule has 0 aliphatic carbocycles. The fourth-order valence-corrected chi connectivity index (χ4v) is 1.30. The molecule has 0 aromatic heterocycles. The van der Waals surface area contributed by atoms with Crippen LogP contribution >= 0.6 is 0 Å². The molecule has 0 unspecified atom stereocenters.